The first-order valence-electron chi connectivity index (χ1n) is 5.19. The van der Waals surface area contributed by atoms with Crippen molar-refractivity contribution in [3.05, 3.63) is 0 Å². The zero-order valence-electron chi connectivity index (χ0n) is 9.78. The molecule has 1 heterocycles. The van der Waals surface area contributed by atoms with Crippen molar-refractivity contribution in [1.82, 2.24) is 0 Å². The third-order valence-corrected chi connectivity index (χ3v) is 3.79. The quantitative estimate of drug-likeness (QED) is 0.717. The van der Waals surface area contributed by atoms with E-state index < -0.39 is 15.8 Å². The summed E-state index contributed by atoms with van der Waals surface area (Å²) >= 11 is 0. The fraction of sp³-hybridized carbons (Fsp3) is 0.800. The number of sulfone groups is 1. The number of hydrogen-bond acceptors (Lipinski definition) is 4. The highest BCUT2D eigenvalue weighted by molar-refractivity contribution is 7.92. The van der Waals surface area contributed by atoms with E-state index in [0.717, 1.165) is 0 Å². The number of rotatable bonds is 2. The number of carbonyl (C=O) groups is 1. The first-order chi connectivity index (χ1) is 7.00. The lowest BCUT2D eigenvalue weighted by molar-refractivity contribution is -0.120. The molecule has 0 aromatic carbocycles. The summed E-state index contributed by atoms with van der Waals surface area (Å²) in [5.41, 5.74) is 0.520. The van der Waals surface area contributed by atoms with Crippen molar-refractivity contribution in [2.75, 3.05) is 18.6 Å². The zero-order valence-corrected chi connectivity index (χ0v) is 10.6. The van der Waals surface area contributed by atoms with Crippen LogP contribution in [0, 0.1) is 5.92 Å². The van der Waals surface area contributed by atoms with E-state index in [0.29, 0.717) is 12.1 Å². The Morgan fingerprint density at radius 2 is 2.00 bits per heavy atom. The van der Waals surface area contributed by atoms with Gasteiger partial charge in [0.1, 0.15) is 5.78 Å². The Labute approximate surface area is 91.7 Å². The number of hydrogen-bond donors (Lipinski definition) is 0. The normalized spacial score (nSPS) is 25.9. The number of nitrogens with zero attached hydrogens (tertiary/aromatic N) is 1. The molecule has 1 unspecified atom stereocenters. The lowest BCUT2D eigenvalue weighted by Gasteiger charge is -2.04. The van der Waals surface area contributed by atoms with E-state index in [1.807, 2.05) is 13.8 Å². The molecule has 4 nitrogen and oxygen atoms in total. The maximum absolute atomic E-state index is 11.3. The largest absolute Gasteiger partial charge is 0.299 e. The molecule has 1 fully saturated rings. The smallest absolute Gasteiger partial charge is 0.156 e. The van der Waals surface area contributed by atoms with Gasteiger partial charge in [0, 0.05) is 19.2 Å². The molecular weight excluding hydrogens is 214 g/mol. The monoisotopic (exact) mass is 233 g/mol. The second-order valence-corrected chi connectivity index (χ2v) is 5.25. The highest BCUT2D eigenvalue weighted by atomic mass is 32.2. The average Bonchev–Trinajstić information content (AvgIpc) is 2.55. The SMILES string of the molecule is CC.CCC(=O)C1CS(=O)(=O)CC1=NC. The lowest BCUT2D eigenvalue weighted by Crippen LogP contribution is -2.21. The van der Waals surface area contributed by atoms with Gasteiger partial charge in [-0.1, -0.05) is 20.8 Å². The van der Waals surface area contributed by atoms with Crippen LogP contribution in [0.3, 0.4) is 0 Å². The number of carbonyl (C=O) groups excluding carboxylic acids is 1. The lowest BCUT2D eigenvalue weighted by atomic mass is 10.00. The molecule has 0 N–H and O–H groups in total. The van der Waals surface area contributed by atoms with Crippen molar-refractivity contribution >= 4 is 21.3 Å². The Balaban J connectivity index is 0.000000921. The third kappa shape index (κ3) is 3.74. The molecule has 88 valence electrons. The van der Waals surface area contributed by atoms with Crippen LogP contribution in [-0.4, -0.2) is 38.5 Å². The zero-order chi connectivity index (χ0) is 12.1. The predicted octanol–water partition coefficient (Wildman–Crippen LogP) is 1.11. The van der Waals surface area contributed by atoms with E-state index in [-0.39, 0.29) is 17.3 Å². The summed E-state index contributed by atoms with van der Waals surface area (Å²) in [7, 11) is -1.53. The summed E-state index contributed by atoms with van der Waals surface area (Å²) in [4.78, 5) is 15.2. The van der Waals surface area contributed by atoms with E-state index in [4.69, 9.17) is 0 Å². The fourth-order valence-electron chi connectivity index (χ4n) is 1.48. The summed E-state index contributed by atoms with van der Waals surface area (Å²) in [6, 6.07) is 0. The minimum Gasteiger partial charge on any atom is -0.299 e. The van der Waals surface area contributed by atoms with E-state index in [1.165, 1.54) is 7.05 Å². The minimum atomic E-state index is -3.06. The van der Waals surface area contributed by atoms with Crippen molar-refractivity contribution < 1.29 is 13.2 Å². The molecule has 1 aliphatic heterocycles. The van der Waals surface area contributed by atoms with Gasteiger partial charge in [0.05, 0.1) is 17.4 Å². The Morgan fingerprint density at radius 3 is 2.40 bits per heavy atom. The van der Waals surface area contributed by atoms with E-state index in [9.17, 15) is 13.2 Å². The molecule has 5 heteroatoms. The summed E-state index contributed by atoms with van der Waals surface area (Å²) in [6.07, 6.45) is 0.374. The van der Waals surface area contributed by atoms with Crippen molar-refractivity contribution in [3.8, 4) is 0 Å². The fourth-order valence-corrected chi connectivity index (χ4v) is 3.27. The molecule has 0 aromatic heterocycles. The Morgan fingerprint density at radius 1 is 1.47 bits per heavy atom. The van der Waals surface area contributed by atoms with Gasteiger partial charge in [-0.2, -0.15) is 0 Å². The molecule has 0 bridgehead atoms. The predicted molar refractivity (Wildman–Crippen MR) is 62.1 cm³/mol. The van der Waals surface area contributed by atoms with Gasteiger partial charge in [-0.15, -0.1) is 0 Å². The Bertz CT molecular complexity index is 344. The van der Waals surface area contributed by atoms with E-state index >= 15 is 0 Å². The third-order valence-electron chi connectivity index (χ3n) is 2.21. The number of aliphatic imine (C=N–C) groups is 1. The topological polar surface area (TPSA) is 63.6 Å². The van der Waals surface area contributed by atoms with Crippen LogP contribution in [0.1, 0.15) is 27.2 Å². The van der Waals surface area contributed by atoms with Crippen LogP contribution in [0.5, 0.6) is 0 Å². The first-order valence-corrected chi connectivity index (χ1v) is 7.01. The highest BCUT2D eigenvalue weighted by Gasteiger charge is 2.37. The summed E-state index contributed by atoms with van der Waals surface area (Å²) < 4.78 is 22.4. The molecule has 15 heavy (non-hydrogen) atoms. The minimum absolute atomic E-state index is 0.0262. The van der Waals surface area contributed by atoms with Crippen LogP contribution in [0.2, 0.25) is 0 Å². The van der Waals surface area contributed by atoms with Gasteiger partial charge in [0.25, 0.3) is 0 Å². The summed E-state index contributed by atoms with van der Waals surface area (Å²) in [6.45, 7) is 5.74. The second-order valence-electron chi connectivity index (χ2n) is 3.14. The van der Waals surface area contributed by atoms with Crippen molar-refractivity contribution in [2.45, 2.75) is 27.2 Å². The van der Waals surface area contributed by atoms with Crippen LogP contribution in [0.15, 0.2) is 4.99 Å². The van der Waals surface area contributed by atoms with E-state index in [2.05, 4.69) is 4.99 Å². The van der Waals surface area contributed by atoms with E-state index in [1.54, 1.807) is 6.92 Å². The number of ketones is 1. The van der Waals surface area contributed by atoms with Crippen LogP contribution in [-0.2, 0) is 14.6 Å². The van der Waals surface area contributed by atoms with Crippen LogP contribution >= 0.6 is 0 Å². The van der Waals surface area contributed by atoms with Gasteiger partial charge in [0.15, 0.2) is 9.84 Å². The Hall–Kier alpha value is -0.710. The first kappa shape index (κ1) is 14.3. The Kier molecular flexibility index (Phi) is 5.72. The molecule has 1 rings (SSSR count). The molecule has 0 aliphatic carbocycles. The molecule has 0 radical (unpaired) electrons. The van der Waals surface area contributed by atoms with Crippen LogP contribution in [0.4, 0.5) is 0 Å². The average molecular weight is 233 g/mol. The second kappa shape index (κ2) is 6.00. The van der Waals surface area contributed by atoms with Gasteiger partial charge in [-0.05, 0) is 0 Å². The van der Waals surface area contributed by atoms with Gasteiger partial charge < -0.3 is 0 Å². The van der Waals surface area contributed by atoms with Crippen molar-refractivity contribution in [2.24, 2.45) is 10.9 Å². The molecule has 0 aromatic rings. The molecule has 0 saturated carbocycles. The van der Waals surface area contributed by atoms with Crippen molar-refractivity contribution in [1.29, 1.82) is 0 Å². The van der Waals surface area contributed by atoms with Crippen LogP contribution in [0.25, 0.3) is 0 Å². The van der Waals surface area contributed by atoms with Gasteiger partial charge in [-0.25, -0.2) is 8.42 Å². The summed E-state index contributed by atoms with van der Waals surface area (Å²) in [5, 5.41) is 0. The summed E-state index contributed by atoms with van der Waals surface area (Å²) in [5.74, 6) is -0.589. The molecule has 0 spiro atoms. The standard InChI is InChI=1S/C8H13NO3S.C2H6/c1-3-8(10)6-4-13(11,12)5-7(6)9-2;1-2/h6H,3-5H2,1-2H3;1-2H3. The van der Waals surface area contributed by atoms with Gasteiger partial charge in [0.2, 0.25) is 0 Å². The van der Waals surface area contributed by atoms with Crippen LogP contribution < -0.4 is 0 Å². The molecule has 0 amide bonds. The van der Waals surface area contributed by atoms with Gasteiger partial charge >= 0.3 is 0 Å². The maximum Gasteiger partial charge on any atom is 0.156 e. The molecule has 1 saturated heterocycles. The van der Waals surface area contributed by atoms with Gasteiger partial charge in [-0.3, -0.25) is 9.79 Å². The maximum atomic E-state index is 11.3. The molecular formula is C10H19NO3S. The molecule has 1 aliphatic rings. The highest BCUT2D eigenvalue weighted by Crippen LogP contribution is 2.18. The van der Waals surface area contributed by atoms with Crippen molar-refractivity contribution in [3.63, 3.8) is 0 Å². The number of Topliss-reactive ketones (excluding diaryl/α,β-unsaturated/α-hetero) is 1. The molecule has 1 atom stereocenters.